The van der Waals surface area contributed by atoms with Crippen LogP contribution in [0.15, 0.2) is 102 Å². The molecule has 2 aliphatic heterocycles. The Labute approximate surface area is 363 Å². The number of benzene rings is 3. The molecule has 316 valence electrons. The van der Waals surface area contributed by atoms with Crippen LogP contribution in [0.3, 0.4) is 0 Å². The fraction of sp³-hybridized carbons (Fsp3) is 0.362. The van der Waals surface area contributed by atoms with Crippen molar-refractivity contribution in [1.29, 1.82) is 0 Å². The lowest BCUT2D eigenvalue weighted by atomic mass is 9.59. The number of nitrogens with zero attached hydrogens (tertiary/aromatic N) is 3. The van der Waals surface area contributed by atoms with E-state index in [1.165, 1.54) is 54.5 Å². The van der Waals surface area contributed by atoms with E-state index < -0.39 is 22.2 Å². The van der Waals surface area contributed by atoms with Crippen LogP contribution in [0, 0.1) is 21.4 Å². The van der Waals surface area contributed by atoms with Crippen molar-refractivity contribution in [1.82, 2.24) is 19.6 Å². The highest BCUT2D eigenvalue weighted by molar-refractivity contribution is 7.90. The molecule has 1 atom stereocenters. The van der Waals surface area contributed by atoms with Crippen LogP contribution in [0.25, 0.3) is 22.2 Å². The number of hydrogen-bond donors (Lipinski definition) is 3. The number of aromatic nitrogens is 2. The summed E-state index contributed by atoms with van der Waals surface area (Å²) in [7, 11) is 0. The van der Waals surface area contributed by atoms with E-state index >= 15 is 0 Å². The van der Waals surface area contributed by atoms with Crippen molar-refractivity contribution in [2.75, 3.05) is 44.7 Å². The number of amides is 1. The molecule has 1 amide bonds. The third-order valence-electron chi connectivity index (χ3n) is 12.9. The summed E-state index contributed by atoms with van der Waals surface area (Å²) >= 11 is 4.17. The average Bonchev–Trinajstić information content (AvgIpc) is 3.74. The quantitative estimate of drug-likeness (QED) is 0.0595. The lowest BCUT2D eigenvalue weighted by Crippen LogP contribution is -2.36. The minimum atomic E-state index is -2.11. The fourth-order valence-electron chi connectivity index (χ4n) is 9.20. The number of H-pyrrole nitrogens is 1. The molecule has 1 unspecified atom stereocenters. The van der Waals surface area contributed by atoms with E-state index in [1.807, 2.05) is 36.4 Å². The Morgan fingerprint density at radius 1 is 1.03 bits per heavy atom. The third-order valence-corrected chi connectivity index (χ3v) is 14.2. The van der Waals surface area contributed by atoms with Gasteiger partial charge in [0.2, 0.25) is 0 Å². The summed E-state index contributed by atoms with van der Waals surface area (Å²) in [5.74, 6) is 0.399. The molecule has 0 radical (unpaired) electrons. The average molecular weight is 861 g/mol. The first-order valence-electron chi connectivity index (χ1n) is 21.2. The van der Waals surface area contributed by atoms with Gasteiger partial charge >= 0.3 is 0 Å². The van der Waals surface area contributed by atoms with Gasteiger partial charge in [0.25, 0.3) is 11.6 Å². The van der Waals surface area contributed by atoms with Gasteiger partial charge in [0.15, 0.2) is 4.90 Å². The van der Waals surface area contributed by atoms with E-state index in [1.54, 1.807) is 24.5 Å². The molecule has 3 N–H and O–H groups in total. The molecule has 1 spiro atoms. The highest BCUT2D eigenvalue weighted by Gasteiger charge is 2.41. The summed E-state index contributed by atoms with van der Waals surface area (Å²) in [6.45, 7) is 4.51. The standard InChI is InChI=1S/C47H49ClN6O6S/c48-37-5-2-33(3-6-37)41-27-47(16-1-17-47)18-10-36(41)30-53-20-12-32(13-21-53)34-4-8-40(44(25-34)60-38-24-35-11-19-49-45(35)51-29-38)46(55)52-61(58)39-7-9-42(43(26-39)54(56)57)50-28-31-14-22-59-23-15-31/h2-9,11-12,19,24-26,29,31,50H,1,10,13-18,20-23,27-28,30H2,(H,49,51)(H,52,55). The molecule has 1 saturated carbocycles. The van der Waals surface area contributed by atoms with Crippen molar-refractivity contribution in [3.05, 3.63) is 129 Å². The number of anilines is 1. The molecule has 4 heterocycles. The number of rotatable bonds is 13. The zero-order chi connectivity index (χ0) is 41.9. The Morgan fingerprint density at radius 3 is 2.61 bits per heavy atom. The van der Waals surface area contributed by atoms with Gasteiger partial charge in [-0.15, -0.1) is 0 Å². The van der Waals surface area contributed by atoms with Crippen molar-refractivity contribution < 1.29 is 23.7 Å². The van der Waals surface area contributed by atoms with Gasteiger partial charge in [0.1, 0.15) is 34.2 Å². The normalized spacial score (nSPS) is 18.7. The van der Waals surface area contributed by atoms with Crippen LogP contribution in [0.5, 0.6) is 11.5 Å². The largest absolute Gasteiger partial charge is 0.588 e. The van der Waals surface area contributed by atoms with Crippen molar-refractivity contribution in [2.45, 2.75) is 62.7 Å². The highest BCUT2D eigenvalue weighted by atomic mass is 35.5. The van der Waals surface area contributed by atoms with E-state index in [0.29, 0.717) is 48.2 Å². The second-order valence-electron chi connectivity index (χ2n) is 16.8. The Hall–Kier alpha value is -5.18. The molecular formula is C47H49ClN6O6S. The number of fused-ring (bicyclic) bond motifs is 1. The van der Waals surface area contributed by atoms with Crippen molar-refractivity contribution in [3.63, 3.8) is 0 Å². The number of pyridine rings is 1. The topological polar surface area (TPSA) is 158 Å². The van der Waals surface area contributed by atoms with Crippen LogP contribution in [-0.4, -0.2) is 69.6 Å². The van der Waals surface area contributed by atoms with Gasteiger partial charge in [0.05, 0.1) is 22.7 Å². The first kappa shape index (κ1) is 41.2. The Morgan fingerprint density at radius 2 is 1.85 bits per heavy atom. The smallest absolute Gasteiger partial charge is 0.297 e. The lowest BCUT2D eigenvalue weighted by Gasteiger charge is -2.47. The molecule has 12 nitrogen and oxygen atoms in total. The fourth-order valence-corrected chi connectivity index (χ4v) is 10.1. The number of nitro groups is 1. The molecule has 9 rings (SSSR count). The van der Waals surface area contributed by atoms with Crippen LogP contribution >= 0.6 is 11.6 Å². The minimum Gasteiger partial charge on any atom is -0.588 e. The van der Waals surface area contributed by atoms with Crippen LogP contribution in [0.4, 0.5) is 11.4 Å². The lowest BCUT2D eigenvalue weighted by molar-refractivity contribution is -0.384. The van der Waals surface area contributed by atoms with E-state index in [4.69, 9.17) is 21.1 Å². The number of allylic oxidation sites excluding steroid dienone is 1. The first-order chi connectivity index (χ1) is 29.7. The van der Waals surface area contributed by atoms with Crippen LogP contribution < -0.4 is 14.8 Å². The molecular weight excluding hydrogens is 812 g/mol. The maximum Gasteiger partial charge on any atom is 0.297 e. The maximum atomic E-state index is 13.9. The Kier molecular flexibility index (Phi) is 12.2. The van der Waals surface area contributed by atoms with E-state index in [0.717, 1.165) is 73.3 Å². The van der Waals surface area contributed by atoms with Crippen molar-refractivity contribution in [2.24, 2.45) is 11.3 Å². The number of nitro benzene ring substituents is 1. The van der Waals surface area contributed by atoms with Gasteiger partial charge in [-0.2, -0.15) is 4.72 Å². The van der Waals surface area contributed by atoms with Gasteiger partial charge in [-0.1, -0.05) is 47.9 Å². The van der Waals surface area contributed by atoms with Crippen LogP contribution in [0.2, 0.25) is 5.02 Å². The molecule has 0 bridgehead atoms. The zero-order valence-electron chi connectivity index (χ0n) is 33.9. The number of hydrogen-bond acceptors (Lipinski definition) is 9. The third kappa shape index (κ3) is 9.36. The number of ether oxygens (including phenoxy) is 2. The SMILES string of the molecule is O=C(N[S+]([O-])c1ccc(NCC2CCOCC2)c([N+](=O)[O-])c1)c1ccc(C2=CCN(CC3=C(c4ccc(Cl)cc4)CC4(CCC4)CC3)CC2)cc1Oc1cnc2[nH]ccc2c1. The molecule has 14 heteroatoms. The molecule has 2 fully saturated rings. The summed E-state index contributed by atoms with van der Waals surface area (Å²) in [4.78, 5) is 35.6. The monoisotopic (exact) mass is 860 g/mol. The molecule has 2 aliphatic carbocycles. The number of carbonyl (C=O) groups is 1. The second kappa shape index (κ2) is 18.0. The molecule has 3 aromatic carbocycles. The van der Waals surface area contributed by atoms with Gasteiger partial charge in [-0.3, -0.25) is 19.8 Å². The Bertz CT molecular complexity index is 2490. The number of carbonyl (C=O) groups excluding carboxylic acids is 1. The van der Waals surface area contributed by atoms with Gasteiger partial charge in [-0.05, 0) is 134 Å². The van der Waals surface area contributed by atoms with Crippen LogP contribution in [0.1, 0.15) is 79.3 Å². The second-order valence-corrected chi connectivity index (χ2v) is 18.5. The number of aromatic amines is 1. The number of nitrogens with one attached hydrogen (secondary N) is 3. The van der Waals surface area contributed by atoms with E-state index in [2.05, 4.69) is 43.1 Å². The first-order valence-corrected chi connectivity index (χ1v) is 22.7. The van der Waals surface area contributed by atoms with Crippen LogP contribution in [-0.2, 0) is 16.1 Å². The van der Waals surface area contributed by atoms with E-state index in [-0.39, 0.29) is 21.9 Å². The summed E-state index contributed by atoms with van der Waals surface area (Å²) in [6.07, 6.45) is 15.7. The summed E-state index contributed by atoms with van der Waals surface area (Å²) < 4.78 is 28.0. The zero-order valence-corrected chi connectivity index (χ0v) is 35.5. The van der Waals surface area contributed by atoms with E-state index in [9.17, 15) is 19.5 Å². The molecule has 1 saturated heterocycles. The number of halogens is 1. The predicted octanol–water partition coefficient (Wildman–Crippen LogP) is 10.1. The molecule has 2 aromatic heterocycles. The predicted molar refractivity (Wildman–Crippen MR) is 239 cm³/mol. The summed E-state index contributed by atoms with van der Waals surface area (Å²) in [5.41, 5.74) is 7.84. The minimum absolute atomic E-state index is 0.0987. The van der Waals surface area contributed by atoms with Crippen molar-refractivity contribution >= 4 is 62.4 Å². The van der Waals surface area contributed by atoms with Crippen molar-refractivity contribution in [3.8, 4) is 11.5 Å². The maximum absolute atomic E-state index is 13.9. The molecule has 61 heavy (non-hydrogen) atoms. The van der Waals surface area contributed by atoms with Gasteiger partial charge in [0, 0.05) is 56.0 Å². The molecule has 5 aromatic rings. The van der Waals surface area contributed by atoms with Gasteiger partial charge in [-0.25, -0.2) is 4.98 Å². The summed E-state index contributed by atoms with van der Waals surface area (Å²) in [5, 5.41) is 16.9. The van der Waals surface area contributed by atoms with Gasteiger partial charge < -0.3 is 24.3 Å². The Balaban J connectivity index is 0.931. The highest BCUT2D eigenvalue weighted by Crippen LogP contribution is 2.55. The molecule has 4 aliphatic rings. The summed E-state index contributed by atoms with van der Waals surface area (Å²) in [6, 6.07) is 21.8.